The molecule has 0 aliphatic heterocycles. The smallest absolute Gasteiger partial charge is 1.00 e. The van der Waals surface area contributed by atoms with E-state index in [1.807, 2.05) is 0 Å². The Hall–Kier alpha value is 1.18. The summed E-state index contributed by atoms with van der Waals surface area (Å²) in [5.74, 6) is 0. The molecular formula is C19H41LiO3P2. The zero-order valence-electron chi connectivity index (χ0n) is 17.6. The molecule has 0 bridgehead atoms. The Labute approximate surface area is 169 Å². The SMILES string of the molecule is CCCCP(CCC)(CCC)(CCC)OP(=O)([O-])C1CCCCC1.[Li+]. The maximum atomic E-state index is 13.2. The molecule has 1 fully saturated rings. The number of hydrogen-bond donors (Lipinski definition) is 0. The molecule has 0 amide bonds. The van der Waals surface area contributed by atoms with Crippen LogP contribution in [0.3, 0.4) is 0 Å². The van der Waals surface area contributed by atoms with E-state index in [1.165, 1.54) is 6.42 Å². The second-order valence-electron chi connectivity index (χ2n) is 8.02. The summed E-state index contributed by atoms with van der Waals surface area (Å²) in [6, 6.07) is 0. The first-order valence-electron chi connectivity index (χ1n) is 10.4. The summed E-state index contributed by atoms with van der Waals surface area (Å²) in [4.78, 5) is 13.2. The molecule has 0 saturated heterocycles. The van der Waals surface area contributed by atoms with Crippen molar-refractivity contribution in [3.63, 3.8) is 0 Å². The topological polar surface area (TPSA) is 49.4 Å². The van der Waals surface area contributed by atoms with Crippen LogP contribution in [0.25, 0.3) is 0 Å². The molecule has 0 N–H and O–H groups in total. The summed E-state index contributed by atoms with van der Waals surface area (Å²) in [7, 11) is -3.78. The molecule has 0 heterocycles. The third-order valence-electron chi connectivity index (χ3n) is 5.81. The van der Waals surface area contributed by atoms with E-state index in [0.717, 1.165) is 82.4 Å². The first-order valence-corrected chi connectivity index (χ1v) is 14.9. The summed E-state index contributed by atoms with van der Waals surface area (Å²) in [5.41, 5.74) is -0.222. The molecule has 1 aliphatic rings. The summed E-state index contributed by atoms with van der Waals surface area (Å²) >= 11 is 0. The fraction of sp³-hybridized carbons (Fsp3) is 1.00. The standard InChI is InChI=1S/C19H42O3P2.Li/c1-5-9-18-24(15-6-2,16-7-3,17-8-4)22-23(20,21)19-13-11-10-12-14-19;/h19H,5-18H2,1-4H3,(H,20,21);/q;+1/p-1. The number of hydrogen-bond acceptors (Lipinski definition) is 3. The van der Waals surface area contributed by atoms with Gasteiger partial charge in [0.05, 0.1) is 0 Å². The second kappa shape index (κ2) is 11.9. The molecule has 1 saturated carbocycles. The van der Waals surface area contributed by atoms with Gasteiger partial charge in [0.25, 0.3) is 0 Å². The largest absolute Gasteiger partial charge is 1.00 e. The van der Waals surface area contributed by atoms with Gasteiger partial charge >= 0.3 is 169 Å². The second-order valence-corrected chi connectivity index (χ2v) is 16.0. The maximum absolute atomic E-state index is 13.2. The van der Waals surface area contributed by atoms with Crippen LogP contribution in [-0.2, 0) is 8.88 Å². The van der Waals surface area contributed by atoms with Crippen LogP contribution in [0, 0.1) is 0 Å². The maximum Gasteiger partial charge on any atom is 1.00 e. The predicted molar refractivity (Wildman–Crippen MR) is 108 cm³/mol. The number of rotatable bonds is 12. The molecule has 1 rings (SSSR count). The molecule has 0 spiro atoms. The van der Waals surface area contributed by atoms with Gasteiger partial charge < -0.3 is 0 Å². The van der Waals surface area contributed by atoms with E-state index in [9.17, 15) is 9.46 Å². The zero-order chi connectivity index (χ0) is 18.1. The van der Waals surface area contributed by atoms with Gasteiger partial charge in [-0.25, -0.2) is 0 Å². The molecule has 0 radical (unpaired) electrons. The van der Waals surface area contributed by atoms with E-state index in [0.29, 0.717) is 0 Å². The van der Waals surface area contributed by atoms with Crippen LogP contribution in [-0.4, -0.2) is 30.3 Å². The van der Waals surface area contributed by atoms with Crippen molar-refractivity contribution >= 4 is 14.4 Å². The van der Waals surface area contributed by atoms with Crippen molar-refractivity contribution in [1.82, 2.24) is 0 Å². The van der Waals surface area contributed by atoms with Crippen molar-refractivity contribution in [2.45, 2.75) is 97.6 Å². The van der Waals surface area contributed by atoms with Crippen molar-refractivity contribution in [2.24, 2.45) is 0 Å². The van der Waals surface area contributed by atoms with Gasteiger partial charge in [-0.15, -0.1) is 0 Å². The van der Waals surface area contributed by atoms with Crippen molar-refractivity contribution < 1.29 is 32.6 Å². The molecule has 25 heavy (non-hydrogen) atoms. The van der Waals surface area contributed by atoms with E-state index in [4.69, 9.17) is 4.31 Å². The van der Waals surface area contributed by atoms with Gasteiger partial charge in [0.15, 0.2) is 0 Å². The Morgan fingerprint density at radius 2 is 1.36 bits per heavy atom. The minimum atomic E-state index is -3.78. The molecule has 0 aromatic carbocycles. The van der Waals surface area contributed by atoms with Gasteiger partial charge in [-0.2, -0.15) is 0 Å². The minimum Gasteiger partial charge on any atom is 1.00 e. The van der Waals surface area contributed by atoms with Crippen molar-refractivity contribution in [2.75, 3.05) is 24.6 Å². The van der Waals surface area contributed by atoms with Crippen LogP contribution in [0.1, 0.15) is 91.9 Å². The molecule has 146 valence electrons. The summed E-state index contributed by atoms with van der Waals surface area (Å²) in [6.45, 7) is 6.12. The molecular weight excluding hydrogens is 345 g/mol. The fourth-order valence-corrected chi connectivity index (χ4v) is 16.1. The molecule has 1 atom stereocenters. The van der Waals surface area contributed by atoms with Gasteiger partial charge in [0.1, 0.15) is 0 Å². The molecule has 0 aromatic rings. The average Bonchev–Trinajstić information content (AvgIpc) is 2.54. The first-order chi connectivity index (χ1) is 11.4. The number of unbranched alkanes of at least 4 members (excludes halogenated alkanes) is 1. The van der Waals surface area contributed by atoms with Crippen molar-refractivity contribution in [3.05, 3.63) is 0 Å². The van der Waals surface area contributed by atoms with E-state index in [2.05, 4.69) is 27.7 Å². The summed E-state index contributed by atoms with van der Waals surface area (Å²) in [5, 5.41) is 0. The molecule has 0 aromatic heterocycles. The Morgan fingerprint density at radius 1 is 0.880 bits per heavy atom. The van der Waals surface area contributed by atoms with E-state index in [-0.39, 0.29) is 24.5 Å². The molecule has 3 nitrogen and oxygen atoms in total. The van der Waals surface area contributed by atoms with Crippen LogP contribution in [0.2, 0.25) is 0 Å². The molecule has 1 unspecified atom stereocenters. The Balaban J connectivity index is 0.00000576. The van der Waals surface area contributed by atoms with Crippen LogP contribution in [0.5, 0.6) is 0 Å². The normalized spacial score (nSPS) is 20.3. The van der Waals surface area contributed by atoms with Crippen molar-refractivity contribution in [1.29, 1.82) is 0 Å². The summed E-state index contributed by atoms with van der Waals surface area (Å²) in [6.07, 6.45) is 14.2. The Bertz CT molecular complexity index is 392. The fourth-order valence-electron chi connectivity index (χ4n) is 4.87. The third-order valence-corrected chi connectivity index (χ3v) is 16.2. The average molecular weight is 386 g/mol. The summed E-state index contributed by atoms with van der Waals surface area (Å²) < 4.78 is 19.7. The van der Waals surface area contributed by atoms with E-state index in [1.54, 1.807) is 0 Å². The predicted octanol–water partition coefficient (Wildman–Crippen LogP) is 3.39. The van der Waals surface area contributed by atoms with Crippen LogP contribution in [0.4, 0.5) is 0 Å². The van der Waals surface area contributed by atoms with Gasteiger partial charge in [-0.05, 0) is 0 Å². The van der Waals surface area contributed by atoms with E-state index < -0.39 is 14.4 Å². The third kappa shape index (κ3) is 7.25. The van der Waals surface area contributed by atoms with Crippen molar-refractivity contribution in [3.8, 4) is 0 Å². The van der Waals surface area contributed by atoms with Crippen LogP contribution in [0.15, 0.2) is 0 Å². The Kier molecular flexibility index (Phi) is 12.5. The van der Waals surface area contributed by atoms with Crippen LogP contribution >= 0.6 is 14.4 Å². The van der Waals surface area contributed by atoms with Gasteiger partial charge in [0.2, 0.25) is 0 Å². The zero-order valence-corrected chi connectivity index (χ0v) is 19.4. The molecule has 6 heteroatoms. The monoisotopic (exact) mass is 386 g/mol. The van der Waals surface area contributed by atoms with Gasteiger partial charge in [0, 0.05) is 0 Å². The first kappa shape index (κ1) is 26.2. The minimum absolute atomic E-state index is 0. The van der Waals surface area contributed by atoms with Crippen LogP contribution < -0.4 is 23.8 Å². The quantitative estimate of drug-likeness (QED) is 0.382. The van der Waals surface area contributed by atoms with E-state index >= 15 is 0 Å². The van der Waals surface area contributed by atoms with Gasteiger partial charge in [-0.3, -0.25) is 0 Å². The van der Waals surface area contributed by atoms with Gasteiger partial charge in [-0.1, -0.05) is 0 Å². The Morgan fingerprint density at radius 3 is 1.76 bits per heavy atom. The molecule has 1 aliphatic carbocycles.